The van der Waals surface area contributed by atoms with Crippen LogP contribution in [0.3, 0.4) is 0 Å². The van der Waals surface area contributed by atoms with Crippen LogP contribution >= 0.6 is 0 Å². The number of hydroxylamine groups is 4. The maximum absolute atomic E-state index is 9.87. The molecule has 0 aromatic carbocycles. The fourth-order valence-corrected chi connectivity index (χ4v) is 10.7. The summed E-state index contributed by atoms with van der Waals surface area (Å²) in [5.74, 6) is 1.51. The Labute approximate surface area is 330 Å². The standard InChI is InChI=1S/C43H82N8O3/c1-11-13-26-48(33-29-40(3,4)50(41(5,6)30-33)53-35-21-17-15-18-22-35)38-45-37(44-25-28-52)46-39(47-38)49(27-14-12-2)34-31-42(7,8)51(43(9,10)32-34)54-36-23-19-16-20-24-36/h33-36,38,52H,11-32H2,1-10H3,(H2,44,45,46,47). The molecule has 0 spiro atoms. The normalized spacial score (nSPS) is 27.4. The minimum absolute atomic E-state index is 0.0325. The minimum atomic E-state index is -0.271. The minimum Gasteiger partial charge on any atom is -0.395 e. The Bertz CT molecular complexity index is 1190. The lowest BCUT2D eigenvalue weighted by molar-refractivity contribution is -0.315. The zero-order chi connectivity index (χ0) is 39.1. The molecule has 5 aliphatic rings. The van der Waals surface area contributed by atoms with Crippen LogP contribution in [0.5, 0.6) is 0 Å². The molecule has 2 saturated carbocycles. The first-order valence-electron chi connectivity index (χ1n) is 22.3. The Hall–Kier alpha value is -1.50. The number of hydrogen-bond acceptors (Lipinski definition) is 11. The van der Waals surface area contributed by atoms with Gasteiger partial charge in [0.05, 0.1) is 18.8 Å². The number of unbranched alkanes of at least 4 members (excludes halogenated alkanes) is 2. The number of aliphatic hydroxyl groups excluding tert-OH is 1. The van der Waals surface area contributed by atoms with Crippen LogP contribution in [0.1, 0.15) is 185 Å². The van der Waals surface area contributed by atoms with Gasteiger partial charge in [0, 0.05) is 53.9 Å². The smallest absolute Gasteiger partial charge is 0.224 e. The monoisotopic (exact) mass is 759 g/mol. The van der Waals surface area contributed by atoms with E-state index in [2.05, 4.69) is 99.8 Å². The van der Waals surface area contributed by atoms with Gasteiger partial charge in [0.25, 0.3) is 0 Å². The molecule has 4 fully saturated rings. The number of rotatable bonds is 15. The first kappa shape index (κ1) is 43.6. The van der Waals surface area contributed by atoms with Crippen LogP contribution in [0.25, 0.3) is 0 Å². The average Bonchev–Trinajstić information content (AvgIpc) is 3.11. The van der Waals surface area contributed by atoms with Crippen LogP contribution in [0.15, 0.2) is 9.98 Å². The third-order valence-corrected chi connectivity index (χ3v) is 12.9. The molecule has 312 valence electrons. The number of aliphatic imine (C=N–C) groups is 2. The average molecular weight is 759 g/mol. The highest BCUT2D eigenvalue weighted by molar-refractivity contribution is 5.97. The second-order valence-electron chi connectivity index (χ2n) is 19.9. The SMILES string of the molecule is CCCCN(C1=NC(NCCO)=NC(N(CCCC)C2CC(C)(C)N(OC3CCCCC3)C(C)(C)C2)N1)C1CC(C)(C)N(OC2CCCCC2)C(C)(C)C1. The Morgan fingerprint density at radius 2 is 1.17 bits per heavy atom. The van der Waals surface area contributed by atoms with Crippen molar-refractivity contribution in [3.8, 4) is 0 Å². The summed E-state index contributed by atoms with van der Waals surface area (Å²) in [6.45, 7) is 25.9. The summed E-state index contributed by atoms with van der Waals surface area (Å²) in [5.41, 5.74) is -0.570. The van der Waals surface area contributed by atoms with Crippen LogP contribution in [0.4, 0.5) is 0 Å². The topological polar surface area (TPSA) is 100 Å². The van der Waals surface area contributed by atoms with E-state index < -0.39 is 0 Å². The van der Waals surface area contributed by atoms with Crippen molar-refractivity contribution in [2.75, 3.05) is 26.2 Å². The summed E-state index contributed by atoms with van der Waals surface area (Å²) in [4.78, 5) is 29.5. The van der Waals surface area contributed by atoms with E-state index in [1.165, 1.54) is 38.5 Å². The second-order valence-corrected chi connectivity index (χ2v) is 19.9. The van der Waals surface area contributed by atoms with Gasteiger partial charge >= 0.3 is 0 Å². The molecule has 1 unspecified atom stereocenters. The molecule has 0 aromatic rings. The fraction of sp³-hybridized carbons (Fsp3) is 0.953. The number of hydrogen-bond donors (Lipinski definition) is 3. The van der Waals surface area contributed by atoms with E-state index in [4.69, 9.17) is 19.7 Å². The summed E-state index contributed by atoms with van der Waals surface area (Å²) in [6, 6.07) is 0.577. The lowest BCUT2D eigenvalue weighted by Crippen LogP contribution is -2.68. The molecule has 0 aromatic heterocycles. The van der Waals surface area contributed by atoms with Crippen molar-refractivity contribution in [1.82, 2.24) is 30.6 Å². The van der Waals surface area contributed by atoms with E-state index in [9.17, 15) is 5.11 Å². The van der Waals surface area contributed by atoms with Crippen LogP contribution in [0.2, 0.25) is 0 Å². The van der Waals surface area contributed by atoms with Gasteiger partial charge in [0.1, 0.15) is 0 Å². The van der Waals surface area contributed by atoms with Gasteiger partial charge in [-0.3, -0.25) is 14.6 Å². The molecular weight excluding hydrogens is 677 g/mol. The highest BCUT2D eigenvalue weighted by atomic mass is 16.7. The summed E-state index contributed by atoms with van der Waals surface area (Å²) < 4.78 is 0. The molecule has 0 amide bonds. The second kappa shape index (κ2) is 18.8. The van der Waals surface area contributed by atoms with E-state index in [0.29, 0.717) is 30.8 Å². The van der Waals surface area contributed by atoms with Gasteiger partial charge in [-0.05, 0) is 120 Å². The summed E-state index contributed by atoms with van der Waals surface area (Å²) in [5, 5.41) is 22.0. The molecule has 11 heteroatoms. The van der Waals surface area contributed by atoms with Crippen molar-refractivity contribution < 1.29 is 14.8 Å². The summed E-state index contributed by atoms with van der Waals surface area (Å²) in [6.07, 6.45) is 21.1. The first-order chi connectivity index (χ1) is 25.6. The maximum Gasteiger partial charge on any atom is 0.224 e. The quantitative estimate of drug-likeness (QED) is 0.154. The van der Waals surface area contributed by atoms with Crippen LogP contribution in [0, 0.1) is 0 Å². The zero-order valence-electron chi connectivity index (χ0n) is 36.4. The predicted molar refractivity (Wildman–Crippen MR) is 222 cm³/mol. The fourth-order valence-electron chi connectivity index (χ4n) is 10.7. The summed E-state index contributed by atoms with van der Waals surface area (Å²) in [7, 11) is 0. The van der Waals surface area contributed by atoms with E-state index in [1.54, 1.807) is 0 Å². The predicted octanol–water partition coefficient (Wildman–Crippen LogP) is 7.94. The highest BCUT2D eigenvalue weighted by Gasteiger charge is 2.52. The van der Waals surface area contributed by atoms with Gasteiger partial charge < -0.3 is 20.6 Å². The van der Waals surface area contributed by atoms with Gasteiger partial charge in [-0.25, -0.2) is 4.99 Å². The lowest BCUT2D eigenvalue weighted by atomic mass is 9.78. The Kier molecular flexibility index (Phi) is 15.2. The van der Waals surface area contributed by atoms with Gasteiger partial charge in [-0.1, -0.05) is 65.2 Å². The van der Waals surface area contributed by atoms with Crippen molar-refractivity contribution in [3.05, 3.63) is 0 Å². The molecule has 3 heterocycles. The molecule has 0 radical (unpaired) electrons. The van der Waals surface area contributed by atoms with Crippen molar-refractivity contribution >= 4 is 11.9 Å². The third-order valence-electron chi connectivity index (χ3n) is 12.9. The Balaban J connectivity index is 1.42. The molecule has 2 saturated heterocycles. The first-order valence-corrected chi connectivity index (χ1v) is 22.3. The molecule has 2 aliphatic carbocycles. The maximum atomic E-state index is 9.87. The number of nitrogens with one attached hydrogen (secondary N) is 2. The molecular formula is C43H82N8O3. The zero-order valence-corrected chi connectivity index (χ0v) is 36.4. The van der Waals surface area contributed by atoms with Gasteiger partial charge in [0.2, 0.25) is 11.9 Å². The van der Waals surface area contributed by atoms with E-state index in [0.717, 1.165) is 96.1 Å². The Morgan fingerprint density at radius 3 is 1.63 bits per heavy atom. The molecule has 3 N–H and O–H groups in total. The van der Waals surface area contributed by atoms with Crippen molar-refractivity contribution in [3.63, 3.8) is 0 Å². The van der Waals surface area contributed by atoms with Crippen LogP contribution in [-0.4, -0.2) is 116 Å². The number of nitrogens with zero attached hydrogens (tertiary/aromatic N) is 6. The van der Waals surface area contributed by atoms with Crippen LogP contribution in [-0.2, 0) is 9.68 Å². The van der Waals surface area contributed by atoms with E-state index in [1.807, 2.05) is 0 Å². The van der Waals surface area contributed by atoms with Crippen molar-refractivity contribution in [2.45, 2.75) is 238 Å². The molecule has 1 atom stereocenters. The van der Waals surface area contributed by atoms with Gasteiger partial charge in [-0.2, -0.15) is 15.1 Å². The number of piperidine rings is 2. The number of guanidine groups is 2. The molecule has 0 bridgehead atoms. The third kappa shape index (κ3) is 10.9. The van der Waals surface area contributed by atoms with E-state index >= 15 is 0 Å². The molecule has 3 aliphatic heterocycles. The van der Waals surface area contributed by atoms with Gasteiger partial charge in [-0.15, -0.1) is 0 Å². The van der Waals surface area contributed by atoms with E-state index in [-0.39, 0.29) is 41.1 Å². The molecule has 11 nitrogen and oxygen atoms in total. The Morgan fingerprint density at radius 1 is 0.704 bits per heavy atom. The highest BCUT2D eigenvalue weighted by Crippen LogP contribution is 2.44. The lowest BCUT2D eigenvalue weighted by Gasteiger charge is -2.58. The molecule has 5 rings (SSSR count). The van der Waals surface area contributed by atoms with Gasteiger partial charge in [0.15, 0.2) is 6.29 Å². The summed E-state index contributed by atoms with van der Waals surface area (Å²) >= 11 is 0. The van der Waals surface area contributed by atoms with Crippen LogP contribution < -0.4 is 10.6 Å². The number of aliphatic hydroxyl groups is 1. The largest absolute Gasteiger partial charge is 0.395 e. The van der Waals surface area contributed by atoms with Crippen molar-refractivity contribution in [2.24, 2.45) is 9.98 Å². The molecule has 54 heavy (non-hydrogen) atoms. The van der Waals surface area contributed by atoms with Crippen molar-refractivity contribution in [1.29, 1.82) is 0 Å².